The van der Waals surface area contributed by atoms with Crippen LogP contribution in [0.25, 0.3) is 22.2 Å². The van der Waals surface area contributed by atoms with Crippen molar-refractivity contribution in [2.75, 3.05) is 0 Å². The smallest absolute Gasteiger partial charge is 0.0613 e. The minimum atomic E-state index is -0.443. The summed E-state index contributed by atoms with van der Waals surface area (Å²) < 4.78 is 0. The predicted molar refractivity (Wildman–Crippen MR) is 150 cm³/mol. The molecule has 0 aliphatic heterocycles. The molecular formula is C32H46IrNO2-. The fraction of sp³-hybridized carbons (Fsp3) is 0.531. The number of benzene rings is 2. The molecular weight excluding hydrogens is 623 g/mol. The Bertz CT molecular complexity index is 1170. The molecule has 2 unspecified atom stereocenters. The van der Waals surface area contributed by atoms with Crippen LogP contribution in [0.4, 0.5) is 0 Å². The van der Waals surface area contributed by atoms with Crippen molar-refractivity contribution in [2.24, 2.45) is 10.8 Å². The van der Waals surface area contributed by atoms with E-state index in [0.717, 1.165) is 16.8 Å². The quantitative estimate of drug-likeness (QED) is 0.281. The first-order valence-electron chi connectivity index (χ1n) is 12.7. The molecule has 1 heterocycles. The van der Waals surface area contributed by atoms with Crippen molar-refractivity contribution in [2.45, 2.75) is 102 Å². The van der Waals surface area contributed by atoms with Crippen molar-refractivity contribution in [1.29, 1.82) is 0 Å². The van der Waals surface area contributed by atoms with Gasteiger partial charge >= 0.3 is 0 Å². The summed E-state index contributed by atoms with van der Waals surface area (Å²) in [6, 6.07) is 12.2. The number of fused-ring (bicyclic) bond motifs is 1. The van der Waals surface area contributed by atoms with E-state index in [-0.39, 0.29) is 30.9 Å². The number of aromatic nitrogens is 1. The van der Waals surface area contributed by atoms with Gasteiger partial charge in [0.25, 0.3) is 0 Å². The molecule has 0 fully saturated rings. The number of hydrogen-bond acceptors (Lipinski definition) is 3. The minimum Gasteiger partial charge on any atom is -0.392 e. The Morgan fingerprint density at radius 3 is 1.78 bits per heavy atom. The first kappa shape index (κ1) is 32.4. The Balaban J connectivity index is 0.000000402. The third-order valence-corrected chi connectivity index (χ3v) is 7.12. The maximum absolute atomic E-state index is 9.76. The van der Waals surface area contributed by atoms with Crippen molar-refractivity contribution in [1.82, 2.24) is 4.98 Å². The van der Waals surface area contributed by atoms with E-state index in [2.05, 4.69) is 71.9 Å². The Labute approximate surface area is 233 Å². The van der Waals surface area contributed by atoms with Crippen LogP contribution in [0.3, 0.4) is 0 Å². The third kappa shape index (κ3) is 7.96. The molecule has 3 rings (SSSR count). The zero-order valence-electron chi connectivity index (χ0n) is 24.3. The summed E-state index contributed by atoms with van der Waals surface area (Å²) in [4.78, 5) is 4.97. The first-order chi connectivity index (χ1) is 15.9. The van der Waals surface area contributed by atoms with E-state index in [1.54, 1.807) is 0 Å². The fourth-order valence-corrected chi connectivity index (χ4v) is 4.03. The van der Waals surface area contributed by atoms with Crippen LogP contribution in [-0.2, 0) is 20.1 Å². The SMILES string of the molecule is CC(C)(C)C(O)CC(O)C(C)(C)C.Cc1cc(C)c2cc(C)c(-c3[c-]cc(C)c(C)c3C)nc2c1.[Ir]. The molecule has 0 saturated carbocycles. The standard InChI is InChI=1S/C21H22N.C11H24O2.Ir/c1-12-9-14(3)19-11-15(4)21(22-20(19)10-12)18-8-7-13(2)16(5)17(18)6;1-10(2,3)8(12)7-9(13)11(4,5)6;/h7,9-11H,1-6H3;8-9,12-13H,7H2,1-6H3;/q-1;;. The number of aliphatic hydroxyl groups excluding tert-OH is 2. The molecule has 4 heteroatoms. The number of pyridine rings is 1. The molecule has 2 N–H and O–H groups in total. The molecule has 201 valence electrons. The van der Waals surface area contributed by atoms with Crippen molar-refractivity contribution >= 4 is 10.9 Å². The van der Waals surface area contributed by atoms with Crippen LogP contribution < -0.4 is 0 Å². The van der Waals surface area contributed by atoms with Crippen LogP contribution in [0.15, 0.2) is 24.3 Å². The van der Waals surface area contributed by atoms with Crippen LogP contribution in [0.5, 0.6) is 0 Å². The van der Waals surface area contributed by atoms with E-state index in [1.165, 1.54) is 38.8 Å². The van der Waals surface area contributed by atoms with Crippen molar-refractivity contribution in [3.05, 3.63) is 63.7 Å². The van der Waals surface area contributed by atoms with E-state index in [1.807, 2.05) is 41.5 Å². The molecule has 1 radical (unpaired) electrons. The zero-order valence-corrected chi connectivity index (χ0v) is 26.7. The van der Waals surface area contributed by atoms with Gasteiger partial charge in [-0.1, -0.05) is 80.0 Å². The van der Waals surface area contributed by atoms with Crippen LogP contribution in [0.2, 0.25) is 0 Å². The minimum absolute atomic E-state index is 0. The van der Waals surface area contributed by atoms with Gasteiger partial charge in [-0.25, -0.2) is 0 Å². The fourth-order valence-electron chi connectivity index (χ4n) is 4.03. The molecule has 2 atom stereocenters. The number of aliphatic hydroxyl groups is 2. The molecule has 0 aliphatic rings. The summed E-state index contributed by atoms with van der Waals surface area (Å²) in [5.41, 5.74) is 10.6. The maximum atomic E-state index is 9.76. The predicted octanol–water partition coefficient (Wildman–Crippen LogP) is 7.74. The molecule has 2 aromatic carbocycles. The number of aryl methyl sites for hydroxylation is 4. The van der Waals surface area contributed by atoms with E-state index >= 15 is 0 Å². The molecule has 0 saturated heterocycles. The van der Waals surface area contributed by atoms with E-state index < -0.39 is 12.2 Å². The van der Waals surface area contributed by atoms with Crippen LogP contribution in [0, 0.1) is 58.4 Å². The Kier molecular flexibility index (Phi) is 11.1. The molecule has 0 spiro atoms. The van der Waals surface area contributed by atoms with E-state index in [0.29, 0.717) is 6.42 Å². The summed E-state index contributed by atoms with van der Waals surface area (Å²) in [7, 11) is 0. The third-order valence-electron chi connectivity index (χ3n) is 7.12. The largest absolute Gasteiger partial charge is 0.392 e. The molecule has 0 aliphatic carbocycles. The van der Waals surface area contributed by atoms with Crippen LogP contribution in [-0.4, -0.2) is 27.4 Å². The van der Waals surface area contributed by atoms with Gasteiger partial charge in [-0.3, -0.25) is 4.98 Å². The van der Waals surface area contributed by atoms with Crippen LogP contribution in [0.1, 0.15) is 81.3 Å². The van der Waals surface area contributed by atoms with E-state index in [9.17, 15) is 10.2 Å². The summed E-state index contributed by atoms with van der Waals surface area (Å²) in [6.45, 7) is 24.8. The second-order valence-corrected chi connectivity index (χ2v) is 12.4. The molecule has 1 aromatic heterocycles. The summed E-state index contributed by atoms with van der Waals surface area (Å²) in [6.07, 6.45) is -0.434. The van der Waals surface area contributed by atoms with Crippen molar-refractivity contribution in [3.8, 4) is 11.3 Å². The number of rotatable bonds is 3. The van der Waals surface area contributed by atoms with Gasteiger partial charge in [-0.05, 0) is 54.5 Å². The summed E-state index contributed by atoms with van der Waals surface area (Å²) in [5.74, 6) is 0. The van der Waals surface area contributed by atoms with Gasteiger partial charge in [0.2, 0.25) is 0 Å². The van der Waals surface area contributed by atoms with Gasteiger partial charge < -0.3 is 10.2 Å². The average Bonchev–Trinajstić information content (AvgIpc) is 2.72. The van der Waals surface area contributed by atoms with Gasteiger partial charge in [0.1, 0.15) is 0 Å². The molecule has 3 aromatic rings. The monoisotopic (exact) mass is 669 g/mol. The topological polar surface area (TPSA) is 53.4 Å². The normalized spacial score (nSPS) is 13.5. The van der Waals surface area contributed by atoms with Crippen LogP contribution >= 0.6 is 0 Å². The Hall–Kier alpha value is -1.58. The van der Waals surface area contributed by atoms with E-state index in [4.69, 9.17) is 4.98 Å². The maximum Gasteiger partial charge on any atom is 0.0613 e. The number of hydrogen-bond donors (Lipinski definition) is 2. The van der Waals surface area contributed by atoms with Gasteiger partial charge in [-0.15, -0.1) is 34.4 Å². The molecule has 0 amide bonds. The summed E-state index contributed by atoms with van der Waals surface area (Å²) >= 11 is 0. The number of nitrogens with zero attached hydrogens (tertiary/aromatic N) is 1. The van der Waals surface area contributed by atoms with Crippen molar-refractivity contribution < 1.29 is 30.3 Å². The first-order valence-corrected chi connectivity index (χ1v) is 12.7. The second kappa shape index (κ2) is 12.3. The van der Waals surface area contributed by atoms with Gasteiger partial charge in [0, 0.05) is 31.9 Å². The molecule has 0 bridgehead atoms. The van der Waals surface area contributed by atoms with Gasteiger partial charge in [0.05, 0.1) is 17.7 Å². The van der Waals surface area contributed by atoms with Gasteiger partial charge in [0.15, 0.2) is 0 Å². The Morgan fingerprint density at radius 1 is 0.750 bits per heavy atom. The Morgan fingerprint density at radius 2 is 1.28 bits per heavy atom. The van der Waals surface area contributed by atoms with Gasteiger partial charge in [-0.2, -0.15) is 0 Å². The average molecular weight is 669 g/mol. The second-order valence-electron chi connectivity index (χ2n) is 12.4. The summed E-state index contributed by atoms with van der Waals surface area (Å²) in [5, 5.41) is 20.8. The molecule has 36 heavy (non-hydrogen) atoms. The molecule has 3 nitrogen and oxygen atoms in total. The van der Waals surface area contributed by atoms with Crippen molar-refractivity contribution in [3.63, 3.8) is 0 Å². The zero-order chi connectivity index (χ0) is 26.9.